The summed E-state index contributed by atoms with van der Waals surface area (Å²) in [5.74, 6) is -3.73. The molecule has 2 aliphatic carbocycles. The summed E-state index contributed by atoms with van der Waals surface area (Å²) in [6, 6.07) is 0. The molecule has 1 saturated heterocycles. The molecule has 0 aromatic heterocycles. The molecule has 0 radical (unpaired) electrons. The number of allylic oxidation sites excluding steroid dienone is 2. The summed E-state index contributed by atoms with van der Waals surface area (Å²) in [5.41, 5.74) is -0.640. The average Bonchev–Trinajstić information content (AvgIpc) is 3.38. The molecule has 9 heteroatoms. The number of hydrogen-bond acceptors (Lipinski definition) is 9. The number of cyclic esters (lactones) is 1. The predicted octanol–water partition coefficient (Wildman–Crippen LogP) is 3.01. The molecule has 1 heterocycles. The van der Waals surface area contributed by atoms with Crippen LogP contribution in [0.1, 0.15) is 59.8 Å². The van der Waals surface area contributed by atoms with Gasteiger partial charge >= 0.3 is 11.9 Å². The van der Waals surface area contributed by atoms with Gasteiger partial charge in [0, 0.05) is 47.0 Å². The molecular weight excluding hydrogens is 504 g/mol. The van der Waals surface area contributed by atoms with Crippen LogP contribution in [0.25, 0.3) is 0 Å². The number of hydrogen-bond donors (Lipinski definition) is 1. The van der Waals surface area contributed by atoms with Crippen molar-refractivity contribution in [3.05, 3.63) is 59.3 Å². The van der Waals surface area contributed by atoms with Crippen molar-refractivity contribution in [2.45, 2.75) is 77.6 Å². The number of esters is 2. The number of carbonyl (C=O) groups excluding carboxylic acids is 6. The third kappa shape index (κ3) is 6.47. The zero-order valence-corrected chi connectivity index (χ0v) is 22.7. The lowest BCUT2D eigenvalue weighted by molar-refractivity contribution is -0.143. The highest BCUT2D eigenvalue weighted by Crippen LogP contribution is 2.40. The average molecular weight is 539 g/mol. The lowest BCUT2D eigenvalue weighted by atomic mass is 9.86. The maximum atomic E-state index is 13.2. The summed E-state index contributed by atoms with van der Waals surface area (Å²) in [5, 5.41) is 10.5. The summed E-state index contributed by atoms with van der Waals surface area (Å²) in [6.45, 7) is 13.5. The minimum absolute atomic E-state index is 0.0343. The molecule has 0 aromatic carbocycles. The van der Waals surface area contributed by atoms with Gasteiger partial charge in [0.05, 0.1) is 6.42 Å². The fraction of sp³-hybridized carbons (Fsp3) is 0.467. The Morgan fingerprint density at radius 3 is 2.41 bits per heavy atom. The summed E-state index contributed by atoms with van der Waals surface area (Å²) < 4.78 is 11.1. The van der Waals surface area contributed by atoms with Crippen LogP contribution < -0.4 is 0 Å². The molecule has 0 aromatic rings. The molecule has 0 saturated carbocycles. The molecular formula is C30H34O9. The van der Waals surface area contributed by atoms with Gasteiger partial charge in [0.2, 0.25) is 0 Å². The van der Waals surface area contributed by atoms with E-state index >= 15 is 0 Å². The van der Waals surface area contributed by atoms with E-state index in [4.69, 9.17) is 9.47 Å². The Morgan fingerprint density at radius 1 is 1.21 bits per heavy atom. The fourth-order valence-electron chi connectivity index (χ4n) is 5.08. The van der Waals surface area contributed by atoms with Crippen LogP contribution in [-0.2, 0) is 38.2 Å². The quantitative estimate of drug-likeness (QED) is 0.310. The van der Waals surface area contributed by atoms with Crippen LogP contribution in [0.5, 0.6) is 0 Å². The third-order valence-corrected chi connectivity index (χ3v) is 7.48. The molecule has 5 unspecified atom stereocenters. The van der Waals surface area contributed by atoms with Crippen LogP contribution in [0.2, 0.25) is 0 Å². The van der Waals surface area contributed by atoms with Crippen LogP contribution in [-0.4, -0.2) is 58.0 Å². The van der Waals surface area contributed by atoms with Gasteiger partial charge < -0.3 is 24.2 Å². The molecule has 0 amide bonds. The van der Waals surface area contributed by atoms with E-state index < -0.39 is 47.4 Å². The van der Waals surface area contributed by atoms with Crippen LogP contribution in [0.3, 0.4) is 0 Å². The van der Waals surface area contributed by atoms with Crippen molar-refractivity contribution in [2.24, 2.45) is 11.8 Å². The van der Waals surface area contributed by atoms with Crippen LogP contribution in [0, 0.1) is 11.8 Å². The van der Waals surface area contributed by atoms with Gasteiger partial charge in [-0.15, -0.1) is 0 Å². The van der Waals surface area contributed by atoms with E-state index in [9.17, 15) is 33.9 Å². The molecule has 3 rings (SSSR count). The van der Waals surface area contributed by atoms with E-state index in [1.54, 1.807) is 6.92 Å². The molecule has 208 valence electrons. The first-order valence-electron chi connectivity index (χ1n) is 12.8. The van der Waals surface area contributed by atoms with Gasteiger partial charge in [-0.1, -0.05) is 19.2 Å². The number of aliphatic hydroxyl groups is 1. The van der Waals surface area contributed by atoms with E-state index in [-0.39, 0.29) is 65.3 Å². The highest BCUT2D eigenvalue weighted by molar-refractivity contribution is 6.09. The summed E-state index contributed by atoms with van der Waals surface area (Å²) in [4.78, 5) is 73.9. The van der Waals surface area contributed by atoms with E-state index in [2.05, 4.69) is 13.2 Å². The maximum absolute atomic E-state index is 13.2. The van der Waals surface area contributed by atoms with E-state index in [1.165, 1.54) is 39.0 Å². The Kier molecular flexibility index (Phi) is 8.85. The number of Topliss-reactive ketones (excluding diaryl/α,β-unsaturated/α-hetero) is 3. The normalized spacial score (nSPS) is 28.3. The molecule has 5 atom stereocenters. The molecule has 39 heavy (non-hydrogen) atoms. The largest absolute Gasteiger partial charge is 0.454 e. The van der Waals surface area contributed by atoms with Crippen molar-refractivity contribution >= 4 is 35.1 Å². The second kappa shape index (κ2) is 11.6. The molecule has 1 fully saturated rings. The van der Waals surface area contributed by atoms with Gasteiger partial charge in [-0.25, -0.2) is 9.59 Å². The second-order valence-electron chi connectivity index (χ2n) is 10.6. The van der Waals surface area contributed by atoms with Gasteiger partial charge in [-0.05, 0) is 58.3 Å². The zero-order valence-electron chi connectivity index (χ0n) is 22.7. The highest BCUT2D eigenvalue weighted by atomic mass is 16.6. The van der Waals surface area contributed by atoms with Gasteiger partial charge in [0.1, 0.15) is 29.4 Å². The van der Waals surface area contributed by atoms with Gasteiger partial charge in [-0.2, -0.15) is 0 Å². The van der Waals surface area contributed by atoms with Crippen LogP contribution in [0.15, 0.2) is 59.3 Å². The fourth-order valence-corrected chi connectivity index (χ4v) is 5.08. The second-order valence-corrected chi connectivity index (χ2v) is 10.6. The summed E-state index contributed by atoms with van der Waals surface area (Å²) in [7, 11) is 0. The molecule has 1 N–H and O–H groups in total. The van der Waals surface area contributed by atoms with Crippen molar-refractivity contribution < 1.29 is 43.3 Å². The molecule has 0 spiro atoms. The number of ether oxygens (including phenoxy) is 2. The first kappa shape index (κ1) is 29.8. The van der Waals surface area contributed by atoms with Crippen molar-refractivity contribution in [3.63, 3.8) is 0 Å². The van der Waals surface area contributed by atoms with E-state index in [0.29, 0.717) is 12.0 Å². The minimum Gasteiger partial charge on any atom is -0.454 e. The Bertz CT molecular complexity index is 1260. The molecule has 1 aliphatic heterocycles. The number of rotatable bonds is 11. The van der Waals surface area contributed by atoms with E-state index in [0.717, 1.165) is 0 Å². The Morgan fingerprint density at radius 2 is 1.85 bits per heavy atom. The summed E-state index contributed by atoms with van der Waals surface area (Å²) >= 11 is 0. The lowest BCUT2D eigenvalue weighted by Crippen LogP contribution is -2.26. The van der Waals surface area contributed by atoms with Crippen LogP contribution in [0.4, 0.5) is 0 Å². The monoisotopic (exact) mass is 538 g/mol. The van der Waals surface area contributed by atoms with Crippen LogP contribution >= 0.6 is 0 Å². The van der Waals surface area contributed by atoms with Gasteiger partial charge in [0.15, 0.2) is 11.6 Å². The van der Waals surface area contributed by atoms with E-state index in [1.807, 2.05) is 0 Å². The minimum atomic E-state index is -1.52. The molecule has 3 aliphatic rings. The van der Waals surface area contributed by atoms with Gasteiger partial charge in [0.25, 0.3) is 0 Å². The van der Waals surface area contributed by atoms with Crippen molar-refractivity contribution in [2.75, 3.05) is 0 Å². The zero-order chi connectivity index (χ0) is 29.2. The number of carbonyl (C=O) groups is 6. The molecule has 9 nitrogen and oxygen atoms in total. The maximum Gasteiger partial charge on any atom is 0.334 e. The standard InChI is InChI=1S/C30H34O9/c1-15(31)7-9-20(13-22-23(33)11-12-30(22,6)37)17(3)28(35)38-25-14-24(34)26(19(25)5)27-21(10-8-16(2)32)18(4)29(36)39-27/h11-13,20-21,25,27,37H,3-4,7-10,14H2,1-2,5-6H3. The highest BCUT2D eigenvalue weighted by Gasteiger charge is 2.47. The lowest BCUT2D eigenvalue weighted by Gasteiger charge is -2.22. The van der Waals surface area contributed by atoms with Crippen molar-refractivity contribution in [3.8, 4) is 0 Å². The Labute approximate surface area is 227 Å². The smallest absolute Gasteiger partial charge is 0.334 e. The summed E-state index contributed by atoms with van der Waals surface area (Å²) in [6.07, 6.45) is 2.77. The Hall–Kier alpha value is -3.72. The van der Waals surface area contributed by atoms with Gasteiger partial charge in [-0.3, -0.25) is 9.59 Å². The predicted molar refractivity (Wildman–Crippen MR) is 140 cm³/mol. The number of ketones is 4. The Balaban J connectivity index is 1.82. The van der Waals surface area contributed by atoms with Crippen molar-refractivity contribution in [1.29, 1.82) is 0 Å². The molecule has 0 bridgehead atoms. The van der Waals surface area contributed by atoms with Crippen molar-refractivity contribution in [1.82, 2.24) is 0 Å². The SMILES string of the molecule is C=C(C(=O)OC1CC(=O)C(C2OC(=O)C(=C)C2CCC(C)=O)=C1C)C(C=C1C(=O)C=CC1(C)O)CCC(C)=O. The topological polar surface area (TPSA) is 141 Å². The first-order chi connectivity index (χ1) is 18.1. The third-order valence-electron chi connectivity index (χ3n) is 7.48. The first-order valence-corrected chi connectivity index (χ1v) is 12.8.